The summed E-state index contributed by atoms with van der Waals surface area (Å²) in [5.74, 6) is 0.410. The minimum Gasteiger partial charge on any atom is -0.489 e. The molecule has 0 radical (unpaired) electrons. The van der Waals surface area contributed by atoms with Crippen molar-refractivity contribution in [3.63, 3.8) is 0 Å². The number of benzene rings is 3. The van der Waals surface area contributed by atoms with E-state index < -0.39 is 5.97 Å². The fourth-order valence-corrected chi connectivity index (χ4v) is 5.33. The average molecular weight is 605 g/mol. The van der Waals surface area contributed by atoms with Gasteiger partial charge in [-0.05, 0) is 60.2 Å². The van der Waals surface area contributed by atoms with E-state index in [9.17, 15) is 9.59 Å². The smallest absolute Gasteiger partial charge is 0.333 e. The van der Waals surface area contributed by atoms with Gasteiger partial charge in [-0.2, -0.15) is 0 Å². The van der Waals surface area contributed by atoms with E-state index in [1.165, 1.54) is 11.1 Å². The van der Waals surface area contributed by atoms with E-state index >= 15 is 0 Å². The summed E-state index contributed by atoms with van der Waals surface area (Å²) in [7, 11) is 0. The standard InChI is InChI=1S/C40H44O5/c1-28(2)36(41)18-13-23-43-37-21-19-32(26-34(37)30-14-9-7-10-15-30)40(5,6)33-20-22-38(44-24-25-45-39(42)29(3)4)35(27-33)31-16-11-8-12-17-31/h7-12,14-17,19-22,26-27,34,37H,1,3,13,18,23-25H2,2,4-6H3. The molecule has 2 atom stereocenters. The average Bonchev–Trinajstić information content (AvgIpc) is 3.05. The Labute approximate surface area is 267 Å². The topological polar surface area (TPSA) is 61.8 Å². The molecule has 4 rings (SSSR count). The van der Waals surface area contributed by atoms with E-state index in [-0.39, 0.29) is 36.4 Å². The molecular formula is C40H44O5. The van der Waals surface area contributed by atoms with Gasteiger partial charge in [-0.25, -0.2) is 4.79 Å². The second kappa shape index (κ2) is 15.5. The van der Waals surface area contributed by atoms with E-state index in [0.717, 1.165) is 22.4 Å². The number of carbonyl (C=O) groups is 2. The summed E-state index contributed by atoms with van der Waals surface area (Å²) in [5.41, 5.74) is 6.14. The quantitative estimate of drug-likeness (QED) is 0.0986. The molecule has 5 nitrogen and oxygen atoms in total. The van der Waals surface area contributed by atoms with Crippen LogP contribution in [0, 0.1) is 0 Å². The first kappa shape index (κ1) is 33.4. The number of carbonyl (C=O) groups excluding carboxylic acids is 2. The van der Waals surface area contributed by atoms with E-state index in [1.807, 2.05) is 30.3 Å². The van der Waals surface area contributed by atoms with Crippen molar-refractivity contribution in [1.82, 2.24) is 0 Å². The molecule has 3 aromatic carbocycles. The van der Waals surface area contributed by atoms with Crippen LogP contribution in [0.4, 0.5) is 0 Å². The van der Waals surface area contributed by atoms with Crippen LogP contribution in [-0.4, -0.2) is 37.7 Å². The highest BCUT2D eigenvalue weighted by atomic mass is 16.6. The maximum Gasteiger partial charge on any atom is 0.333 e. The van der Waals surface area contributed by atoms with Crippen LogP contribution >= 0.6 is 0 Å². The second-order valence-electron chi connectivity index (χ2n) is 12.0. The number of rotatable bonds is 15. The number of hydrogen-bond acceptors (Lipinski definition) is 5. The lowest BCUT2D eigenvalue weighted by Crippen LogP contribution is -2.27. The third kappa shape index (κ3) is 8.80. The minimum atomic E-state index is -0.424. The maximum atomic E-state index is 12.0. The lowest BCUT2D eigenvalue weighted by molar-refractivity contribution is -0.139. The van der Waals surface area contributed by atoms with Gasteiger partial charge in [-0.3, -0.25) is 4.79 Å². The zero-order chi connectivity index (χ0) is 32.4. The molecule has 0 fully saturated rings. The van der Waals surface area contributed by atoms with E-state index in [1.54, 1.807) is 13.8 Å². The molecular weight excluding hydrogens is 560 g/mol. The fraction of sp³-hybridized carbons (Fsp3) is 0.300. The van der Waals surface area contributed by atoms with Gasteiger partial charge in [0.25, 0.3) is 0 Å². The minimum absolute atomic E-state index is 0.0282. The van der Waals surface area contributed by atoms with Gasteiger partial charge in [0.15, 0.2) is 5.78 Å². The highest BCUT2D eigenvalue weighted by Crippen LogP contribution is 2.42. The van der Waals surface area contributed by atoms with Crippen molar-refractivity contribution in [2.75, 3.05) is 19.8 Å². The molecule has 0 aromatic heterocycles. The van der Waals surface area contributed by atoms with Gasteiger partial charge in [-0.15, -0.1) is 0 Å². The van der Waals surface area contributed by atoms with Crippen molar-refractivity contribution in [1.29, 1.82) is 0 Å². The molecule has 0 N–H and O–H groups in total. The van der Waals surface area contributed by atoms with Crippen LogP contribution in [0.2, 0.25) is 0 Å². The second-order valence-corrected chi connectivity index (χ2v) is 12.0. The van der Waals surface area contributed by atoms with Crippen molar-refractivity contribution in [2.45, 2.75) is 58.0 Å². The van der Waals surface area contributed by atoms with E-state index in [4.69, 9.17) is 14.2 Å². The summed E-state index contributed by atoms with van der Waals surface area (Å²) in [5, 5.41) is 0. The Morgan fingerprint density at radius 3 is 2.20 bits per heavy atom. The number of esters is 1. The summed E-state index contributed by atoms with van der Waals surface area (Å²) in [6.07, 6.45) is 7.61. The van der Waals surface area contributed by atoms with Gasteiger partial charge < -0.3 is 14.2 Å². The maximum absolute atomic E-state index is 12.0. The first-order chi connectivity index (χ1) is 21.6. The molecule has 0 amide bonds. The van der Waals surface area contributed by atoms with Crippen LogP contribution in [0.5, 0.6) is 5.75 Å². The van der Waals surface area contributed by atoms with Gasteiger partial charge in [0.2, 0.25) is 0 Å². The van der Waals surface area contributed by atoms with Crippen molar-refractivity contribution in [3.8, 4) is 16.9 Å². The molecule has 0 saturated carbocycles. The molecule has 0 spiro atoms. The molecule has 0 saturated heterocycles. The molecule has 45 heavy (non-hydrogen) atoms. The monoisotopic (exact) mass is 604 g/mol. The highest BCUT2D eigenvalue weighted by molar-refractivity contribution is 5.94. The fourth-order valence-electron chi connectivity index (χ4n) is 5.33. The van der Waals surface area contributed by atoms with Gasteiger partial charge in [-0.1, -0.05) is 112 Å². The lowest BCUT2D eigenvalue weighted by atomic mass is 9.72. The Balaban J connectivity index is 1.58. The molecule has 5 heteroatoms. The molecule has 0 heterocycles. The SMILES string of the molecule is C=C(C)C(=O)CCCOC1C=CC(C(C)(C)c2ccc(OCCOC(=O)C(=C)C)c(-c3ccccc3)c2)=CC1c1ccccc1. The Hall–Kier alpha value is -4.48. The normalized spacial score (nSPS) is 16.0. The van der Waals surface area contributed by atoms with Crippen molar-refractivity contribution in [2.24, 2.45) is 0 Å². The van der Waals surface area contributed by atoms with E-state index in [0.29, 0.717) is 30.6 Å². The van der Waals surface area contributed by atoms with Crippen molar-refractivity contribution < 1.29 is 23.8 Å². The van der Waals surface area contributed by atoms with Gasteiger partial charge >= 0.3 is 5.97 Å². The highest BCUT2D eigenvalue weighted by Gasteiger charge is 2.31. The van der Waals surface area contributed by atoms with Gasteiger partial charge in [0, 0.05) is 35.5 Å². The summed E-state index contributed by atoms with van der Waals surface area (Å²) in [4.78, 5) is 23.8. The molecule has 0 aliphatic heterocycles. The summed E-state index contributed by atoms with van der Waals surface area (Å²) < 4.78 is 17.7. The Bertz CT molecular complexity index is 1560. The summed E-state index contributed by atoms with van der Waals surface area (Å²) in [6, 6.07) is 26.9. The third-order valence-electron chi connectivity index (χ3n) is 8.13. The van der Waals surface area contributed by atoms with Gasteiger partial charge in [0.1, 0.15) is 19.0 Å². The first-order valence-electron chi connectivity index (χ1n) is 15.5. The zero-order valence-electron chi connectivity index (χ0n) is 26.9. The summed E-state index contributed by atoms with van der Waals surface area (Å²) >= 11 is 0. The number of Topliss-reactive ketones (excluding diaryl/α,β-unsaturated/α-hetero) is 1. The third-order valence-corrected chi connectivity index (χ3v) is 8.13. The van der Waals surface area contributed by atoms with Crippen molar-refractivity contribution >= 4 is 11.8 Å². The molecule has 234 valence electrons. The zero-order valence-corrected chi connectivity index (χ0v) is 26.9. The van der Waals surface area contributed by atoms with E-state index in [2.05, 4.69) is 93.8 Å². The van der Waals surface area contributed by atoms with Crippen molar-refractivity contribution in [3.05, 3.63) is 138 Å². The predicted octanol–water partition coefficient (Wildman–Crippen LogP) is 8.72. The Morgan fingerprint density at radius 2 is 1.53 bits per heavy atom. The van der Waals surface area contributed by atoms with Crippen LogP contribution in [0.15, 0.2) is 127 Å². The molecule has 2 unspecified atom stereocenters. The lowest BCUT2D eigenvalue weighted by Gasteiger charge is -2.34. The first-order valence-corrected chi connectivity index (χ1v) is 15.5. The molecule has 1 aliphatic rings. The van der Waals surface area contributed by atoms with Crippen LogP contribution < -0.4 is 4.74 Å². The van der Waals surface area contributed by atoms with Crippen LogP contribution in [0.3, 0.4) is 0 Å². The molecule has 0 bridgehead atoms. The van der Waals surface area contributed by atoms with Crippen LogP contribution in [0.25, 0.3) is 11.1 Å². The largest absolute Gasteiger partial charge is 0.489 e. The number of hydrogen-bond donors (Lipinski definition) is 0. The molecule has 3 aromatic rings. The van der Waals surface area contributed by atoms with Gasteiger partial charge in [0.05, 0.1) is 6.10 Å². The van der Waals surface area contributed by atoms with Crippen LogP contribution in [-0.2, 0) is 24.5 Å². The predicted molar refractivity (Wildman–Crippen MR) is 181 cm³/mol. The number of ether oxygens (including phenoxy) is 3. The Kier molecular flexibility index (Phi) is 11.5. The number of ketones is 1. The summed E-state index contributed by atoms with van der Waals surface area (Å²) in [6.45, 7) is 16.1. The number of allylic oxidation sites excluding steroid dienone is 3. The Morgan fingerprint density at radius 1 is 0.844 bits per heavy atom. The molecule has 1 aliphatic carbocycles. The van der Waals surface area contributed by atoms with Crippen LogP contribution in [0.1, 0.15) is 57.6 Å².